The second kappa shape index (κ2) is 6.01. The second-order valence-electron chi connectivity index (χ2n) is 7.67. The summed E-state index contributed by atoms with van der Waals surface area (Å²) in [6, 6.07) is 8.47. The molecule has 0 saturated heterocycles. The molecule has 1 atom stereocenters. The molecule has 2 aliphatic rings. The highest BCUT2D eigenvalue weighted by Gasteiger charge is 2.33. The zero-order valence-corrected chi connectivity index (χ0v) is 14.8. The third-order valence-electron chi connectivity index (χ3n) is 5.09. The summed E-state index contributed by atoms with van der Waals surface area (Å²) >= 11 is 0. The van der Waals surface area contributed by atoms with Gasteiger partial charge < -0.3 is 14.6 Å². The van der Waals surface area contributed by atoms with Crippen molar-refractivity contribution in [2.24, 2.45) is 0 Å². The molecule has 2 aromatic carbocycles. The second-order valence-corrected chi connectivity index (χ2v) is 7.67. The van der Waals surface area contributed by atoms with Gasteiger partial charge in [-0.25, -0.2) is 4.39 Å². The van der Waals surface area contributed by atoms with Gasteiger partial charge in [0.15, 0.2) is 0 Å². The maximum absolute atomic E-state index is 13.9. The first-order valence-electron chi connectivity index (χ1n) is 8.81. The van der Waals surface area contributed by atoms with Gasteiger partial charge in [-0.2, -0.15) is 0 Å². The Bertz CT molecular complexity index is 888. The smallest absolute Gasteiger partial charge is 0.310 e. The summed E-state index contributed by atoms with van der Waals surface area (Å²) in [6.07, 6.45) is 2.02. The highest BCUT2D eigenvalue weighted by molar-refractivity contribution is 5.78. The SMILES string of the molecule is CC1(C)Cc2cc(F)cc(COc3ccc4c(c3)CCC4C(=O)O)c2O1. The first kappa shape index (κ1) is 16.9. The summed E-state index contributed by atoms with van der Waals surface area (Å²) < 4.78 is 25.8. The maximum atomic E-state index is 13.9. The molecule has 4 rings (SSSR count). The van der Waals surface area contributed by atoms with E-state index in [4.69, 9.17) is 9.47 Å². The van der Waals surface area contributed by atoms with Crippen LogP contribution in [-0.4, -0.2) is 16.7 Å². The number of aryl methyl sites for hydroxylation is 1. The van der Waals surface area contributed by atoms with E-state index < -0.39 is 11.9 Å². The number of halogens is 1. The first-order valence-corrected chi connectivity index (χ1v) is 8.81. The largest absolute Gasteiger partial charge is 0.489 e. The highest BCUT2D eigenvalue weighted by Crippen LogP contribution is 2.39. The van der Waals surface area contributed by atoms with Gasteiger partial charge in [-0.1, -0.05) is 6.07 Å². The Morgan fingerprint density at radius 2 is 2.12 bits per heavy atom. The van der Waals surface area contributed by atoms with Crippen LogP contribution in [0.2, 0.25) is 0 Å². The number of carbonyl (C=O) groups is 1. The van der Waals surface area contributed by atoms with Crippen molar-refractivity contribution in [3.8, 4) is 11.5 Å². The van der Waals surface area contributed by atoms with E-state index in [-0.39, 0.29) is 18.0 Å². The molecule has 2 aromatic rings. The average Bonchev–Trinajstić information content (AvgIpc) is 3.11. The topological polar surface area (TPSA) is 55.8 Å². The number of aliphatic carboxylic acids is 1. The van der Waals surface area contributed by atoms with Crippen molar-refractivity contribution in [2.75, 3.05) is 0 Å². The molecule has 0 fully saturated rings. The molecule has 1 N–H and O–H groups in total. The minimum absolute atomic E-state index is 0.206. The fourth-order valence-corrected chi connectivity index (χ4v) is 3.95. The summed E-state index contributed by atoms with van der Waals surface area (Å²) in [5.41, 5.74) is 3.09. The molecule has 0 amide bonds. The average molecular weight is 356 g/mol. The Kier molecular flexibility index (Phi) is 3.90. The van der Waals surface area contributed by atoms with Crippen LogP contribution in [0.4, 0.5) is 4.39 Å². The van der Waals surface area contributed by atoms with Crippen molar-refractivity contribution >= 4 is 5.97 Å². The highest BCUT2D eigenvalue weighted by atomic mass is 19.1. The van der Waals surface area contributed by atoms with E-state index in [0.717, 1.165) is 23.1 Å². The Labute approximate surface area is 151 Å². The van der Waals surface area contributed by atoms with Gasteiger partial charge in [0.1, 0.15) is 29.5 Å². The van der Waals surface area contributed by atoms with Crippen LogP contribution in [0.15, 0.2) is 30.3 Å². The van der Waals surface area contributed by atoms with Crippen molar-refractivity contribution in [1.29, 1.82) is 0 Å². The third-order valence-corrected chi connectivity index (χ3v) is 5.09. The number of carboxylic acid groups (broad SMARTS) is 1. The number of rotatable bonds is 4. The van der Waals surface area contributed by atoms with Crippen molar-refractivity contribution in [1.82, 2.24) is 0 Å². The van der Waals surface area contributed by atoms with Crippen LogP contribution < -0.4 is 9.47 Å². The molecular weight excluding hydrogens is 335 g/mol. The lowest BCUT2D eigenvalue weighted by Gasteiger charge is -2.18. The zero-order valence-electron chi connectivity index (χ0n) is 14.8. The van der Waals surface area contributed by atoms with E-state index in [1.165, 1.54) is 12.1 Å². The zero-order chi connectivity index (χ0) is 18.5. The summed E-state index contributed by atoms with van der Waals surface area (Å²) in [5, 5.41) is 9.26. The number of carboxylic acids is 1. The molecule has 0 spiro atoms. The Morgan fingerprint density at radius 1 is 1.31 bits per heavy atom. The van der Waals surface area contributed by atoms with Crippen molar-refractivity contribution in [3.63, 3.8) is 0 Å². The molecule has 1 unspecified atom stereocenters. The summed E-state index contributed by atoms with van der Waals surface area (Å²) in [4.78, 5) is 11.3. The fourth-order valence-electron chi connectivity index (χ4n) is 3.95. The lowest BCUT2D eigenvalue weighted by atomic mass is 10.0. The van der Waals surface area contributed by atoms with E-state index in [0.29, 0.717) is 29.9 Å². The Morgan fingerprint density at radius 3 is 2.88 bits per heavy atom. The van der Waals surface area contributed by atoms with Crippen LogP contribution in [0.5, 0.6) is 11.5 Å². The Balaban J connectivity index is 1.54. The Hall–Kier alpha value is -2.56. The molecule has 0 bridgehead atoms. The van der Waals surface area contributed by atoms with Crippen LogP contribution in [0.25, 0.3) is 0 Å². The summed E-state index contributed by atoms with van der Waals surface area (Å²) in [6.45, 7) is 4.17. The molecular formula is C21H21FO4. The minimum Gasteiger partial charge on any atom is -0.489 e. The van der Waals surface area contributed by atoms with Crippen LogP contribution in [0, 0.1) is 5.82 Å². The molecule has 0 radical (unpaired) electrons. The molecule has 1 heterocycles. The number of fused-ring (bicyclic) bond motifs is 2. The maximum Gasteiger partial charge on any atom is 0.310 e. The summed E-state index contributed by atoms with van der Waals surface area (Å²) in [5.74, 6) is -0.135. The van der Waals surface area contributed by atoms with Gasteiger partial charge >= 0.3 is 5.97 Å². The van der Waals surface area contributed by atoms with E-state index >= 15 is 0 Å². The molecule has 0 aromatic heterocycles. The first-order chi connectivity index (χ1) is 12.3. The van der Waals surface area contributed by atoms with E-state index in [2.05, 4.69) is 0 Å². The number of hydrogen-bond donors (Lipinski definition) is 1. The fraction of sp³-hybridized carbons (Fsp3) is 0.381. The van der Waals surface area contributed by atoms with E-state index in [1.54, 1.807) is 6.07 Å². The van der Waals surface area contributed by atoms with Gasteiger partial charge in [-0.05, 0) is 62.1 Å². The monoisotopic (exact) mass is 356 g/mol. The van der Waals surface area contributed by atoms with Gasteiger partial charge in [-0.3, -0.25) is 4.79 Å². The van der Waals surface area contributed by atoms with Crippen molar-refractivity contribution in [2.45, 2.75) is 51.2 Å². The minimum atomic E-state index is -0.785. The molecule has 5 heteroatoms. The van der Waals surface area contributed by atoms with Crippen LogP contribution in [-0.2, 0) is 24.2 Å². The van der Waals surface area contributed by atoms with Gasteiger partial charge in [0.2, 0.25) is 0 Å². The van der Waals surface area contributed by atoms with Crippen LogP contribution in [0.3, 0.4) is 0 Å². The molecule has 0 saturated carbocycles. The number of benzene rings is 2. The normalized spacial score (nSPS) is 19.6. The van der Waals surface area contributed by atoms with Gasteiger partial charge in [-0.15, -0.1) is 0 Å². The van der Waals surface area contributed by atoms with E-state index in [9.17, 15) is 14.3 Å². The molecule has 4 nitrogen and oxygen atoms in total. The number of ether oxygens (including phenoxy) is 2. The van der Waals surface area contributed by atoms with Gasteiger partial charge in [0.05, 0.1) is 5.92 Å². The molecule has 1 aliphatic carbocycles. The number of hydrogen-bond acceptors (Lipinski definition) is 3. The lowest BCUT2D eigenvalue weighted by molar-refractivity contribution is -0.138. The quantitative estimate of drug-likeness (QED) is 0.891. The van der Waals surface area contributed by atoms with Crippen molar-refractivity contribution in [3.05, 3.63) is 58.4 Å². The molecule has 136 valence electrons. The third kappa shape index (κ3) is 3.02. The molecule has 26 heavy (non-hydrogen) atoms. The van der Waals surface area contributed by atoms with Crippen LogP contribution >= 0.6 is 0 Å². The standard InChI is InChI=1S/C21H21FO4/c1-21(2)10-13-7-15(22)8-14(19(13)26-21)11-25-16-4-6-17-12(9-16)3-5-18(17)20(23)24/h4,6-9,18H,3,5,10-11H2,1-2H3,(H,23,24). The lowest BCUT2D eigenvalue weighted by Crippen LogP contribution is -2.25. The molecule has 1 aliphatic heterocycles. The van der Waals surface area contributed by atoms with Gasteiger partial charge in [0.25, 0.3) is 0 Å². The summed E-state index contributed by atoms with van der Waals surface area (Å²) in [7, 11) is 0. The van der Waals surface area contributed by atoms with Crippen molar-refractivity contribution < 1.29 is 23.8 Å². The predicted molar refractivity (Wildman–Crippen MR) is 94.3 cm³/mol. The van der Waals surface area contributed by atoms with Gasteiger partial charge in [0, 0.05) is 17.5 Å². The predicted octanol–water partition coefficient (Wildman–Crippen LogP) is 4.23. The van der Waals surface area contributed by atoms with E-state index in [1.807, 2.05) is 26.0 Å². The van der Waals surface area contributed by atoms with Crippen LogP contribution in [0.1, 0.15) is 48.4 Å².